The van der Waals surface area contributed by atoms with Crippen molar-refractivity contribution in [2.45, 2.75) is 38.6 Å². The molecule has 1 saturated heterocycles. The molecule has 19 heavy (non-hydrogen) atoms. The second-order valence-electron chi connectivity index (χ2n) is 5.54. The first kappa shape index (κ1) is 14.3. The highest BCUT2D eigenvalue weighted by Gasteiger charge is 2.31. The van der Waals surface area contributed by atoms with E-state index in [-0.39, 0.29) is 17.8 Å². The Morgan fingerprint density at radius 2 is 1.84 bits per heavy atom. The van der Waals surface area contributed by atoms with E-state index in [1.54, 1.807) is 0 Å². The minimum atomic E-state index is -0.0800. The third-order valence-electron chi connectivity index (χ3n) is 4.05. The van der Waals surface area contributed by atoms with Gasteiger partial charge in [-0.2, -0.15) is 0 Å². The lowest BCUT2D eigenvalue weighted by molar-refractivity contribution is -0.149. The normalized spacial score (nSPS) is 21.2. The Morgan fingerprint density at radius 1 is 1.21 bits per heavy atom. The third kappa shape index (κ3) is 3.93. The summed E-state index contributed by atoms with van der Waals surface area (Å²) in [6.45, 7) is 4.40. The number of rotatable bonds is 5. The van der Waals surface area contributed by atoms with Gasteiger partial charge in [0.15, 0.2) is 0 Å². The van der Waals surface area contributed by atoms with Crippen LogP contribution in [0.2, 0.25) is 0 Å². The van der Waals surface area contributed by atoms with Gasteiger partial charge in [-0.3, -0.25) is 14.5 Å². The van der Waals surface area contributed by atoms with E-state index in [0.717, 1.165) is 38.8 Å². The van der Waals surface area contributed by atoms with Gasteiger partial charge >= 0.3 is 5.97 Å². The number of piperidine rings is 1. The van der Waals surface area contributed by atoms with Crippen LogP contribution in [0.25, 0.3) is 0 Å². The molecule has 5 heteroatoms. The van der Waals surface area contributed by atoms with Gasteiger partial charge < -0.3 is 9.64 Å². The molecule has 0 aromatic heterocycles. The summed E-state index contributed by atoms with van der Waals surface area (Å²) in [5.74, 6) is 0.146. The summed E-state index contributed by atoms with van der Waals surface area (Å²) >= 11 is 0. The molecule has 0 aromatic carbocycles. The van der Waals surface area contributed by atoms with Crippen molar-refractivity contribution >= 4 is 11.9 Å². The largest absolute Gasteiger partial charge is 0.466 e. The van der Waals surface area contributed by atoms with E-state index in [1.807, 2.05) is 18.9 Å². The zero-order valence-electron chi connectivity index (χ0n) is 11.9. The molecular weight excluding hydrogens is 244 g/mol. The van der Waals surface area contributed by atoms with Crippen LogP contribution < -0.4 is 0 Å². The fourth-order valence-corrected chi connectivity index (χ4v) is 2.56. The average Bonchev–Trinajstić information content (AvgIpc) is 3.23. The number of ether oxygens (including phenoxy) is 1. The molecule has 5 nitrogen and oxygen atoms in total. The molecule has 1 aliphatic carbocycles. The van der Waals surface area contributed by atoms with E-state index in [1.165, 1.54) is 0 Å². The van der Waals surface area contributed by atoms with E-state index >= 15 is 0 Å². The lowest BCUT2D eigenvalue weighted by Crippen LogP contribution is -2.43. The maximum atomic E-state index is 12.0. The highest BCUT2D eigenvalue weighted by molar-refractivity contribution is 5.78. The molecule has 2 rings (SSSR count). The molecule has 1 amide bonds. The van der Waals surface area contributed by atoms with Crippen molar-refractivity contribution in [1.29, 1.82) is 0 Å². The molecule has 1 aliphatic heterocycles. The number of likely N-dealkylation sites (N-methyl/N-ethyl adjacent to an activating group) is 1. The van der Waals surface area contributed by atoms with Crippen LogP contribution in [0.3, 0.4) is 0 Å². The van der Waals surface area contributed by atoms with Gasteiger partial charge in [0.25, 0.3) is 0 Å². The number of hydrogen-bond donors (Lipinski definition) is 0. The highest BCUT2D eigenvalue weighted by atomic mass is 16.5. The summed E-state index contributed by atoms with van der Waals surface area (Å²) in [6, 6.07) is 0.476. The summed E-state index contributed by atoms with van der Waals surface area (Å²) < 4.78 is 5.04. The lowest BCUT2D eigenvalue weighted by Gasteiger charge is -2.31. The number of esters is 1. The van der Waals surface area contributed by atoms with E-state index in [0.29, 0.717) is 19.2 Å². The van der Waals surface area contributed by atoms with Gasteiger partial charge in [-0.05, 0) is 45.7 Å². The van der Waals surface area contributed by atoms with Crippen LogP contribution in [-0.4, -0.2) is 61.0 Å². The van der Waals surface area contributed by atoms with Crippen molar-refractivity contribution in [2.75, 3.05) is 33.3 Å². The number of hydrogen-bond acceptors (Lipinski definition) is 4. The third-order valence-corrected chi connectivity index (χ3v) is 4.05. The quantitative estimate of drug-likeness (QED) is 0.695. The van der Waals surface area contributed by atoms with Crippen LogP contribution in [0.1, 0.15) is 32.6 Å². The van der Waals surface area contributed by atoms with E-state index in [2.05, 4.69) is 4.90 Å². The average molecular weight is 268 g/mol. The van der Waals surface area contributed by atoms with Gasteiger partial charge in [0.1, 0.15) is 0 Å². The summed E-state index contributed by atoms with van der Waals surface area (Å²) in [5.41, 5.74) is 0. The molecule has 0 radical (unpaired) electrons. The first-order chi connectivity index (χ1) is 9.11. The van der Waals surface area contributed by atoms with Crippen molar-refractivity contribution in [1.82, 2.24) is 9.80 Å². The molecule has 1 saturated carbocycles. The number of nitrogens with zero attached hydrogens (tertiary/aromatic N) is 2. The topological polar surface area (TPSA) is 49.9 Å². The fourth-order valence-electron chi connectivity index (χ4n) is 2.56. The van der Waals surface area contributed by atoms with Gasteiger partial charge in [-0.1, -0.05) is 0 Å². The summed E-state index contributed by atoms with van der Waals surface area (Å²) in [7, 11) is 1.89. The molecule has 0 spiro atoms. The summed E-state index contributed by atoms with van der Waals surface area (Å²) in [6.07, 6.45) is 3.90. The molecule has 2 fully saturated rings. The van der Waals surface area contributed by atoms with E-state index < -0.39 is 0 Å². The molecule has 1 heterocycles. The zero-order valence-corrected chi connectivity index (χ0v) is 11.9. The maximum Gasteiger partial charge on any atom is 0.309 e. The smallest absolute Gasteiger partial charge is 0.309 e. The molecular formula is C14H24N2O3. The molecule has 0 atom stereocenters. The SMILES string of the molecule is CCOC(=O)C1CCN(CC(=O)N(C)C2CC2)CC1. The highest BCUT2D eigenvalue weighted by Crippen LogP contribution is 2.26. The molecule has 0 N–H and O–H groups in total. The summed E-state index contributed by atoms with van der Waals surface area (Å²) in [4.78, 5) is 27.6. The van der Waals surface area contributed by atoms with Crippen molar-refractivity contribution in [3.05, 3.63) is 0 Å². The van der Waals surface area contributed by atoms with Crippen LogP contribution in [0, 0.1) is 5.92 Å². The van der Waals surface area contributed by atoms with Gasteiger partial charge in [-0.15, -0.1) is 0 Å². The first-order valence-electron chi connectivity index (χ1n) is 7.26. The molecule has 0 unspecified atom stereocenters. The Labute approximate surface area is 114 Å². The molecule has 0 aromatic rings. The molecule has 2 aliphatic rings. The van der Waals surface area contributed by atoms with Crippen LogP contribution in [0.4, 0.5) is 0 Å². The Kier molecular flexibility index (Phi) is 4.80. The molecule has 0 bridgehead atoms. The first-order valence-corrected chi connectivity index (χ1v) is 7.26. The van der Waals surface area contributed by atoms with Crippen molar-refractivity contribution in [3.63, 3.8) is 0 Å². The van der Waals surface area contributed by atoms with Crippen LogP contribution in [0.15, 0.2) is 0 Å². The Hall–Kier alpha value is -1.10. The Morgan fingerprint density at radius 3 is 2.37 bits per heavy atom. The minimum Gasteiger partial charge on any atom is -0.466 e. The number of carbonyl (C=O) groups is 2. The second-order valence-corrected chi connectivity index (χ2v) is 5.54. The Bertz CT molecular complexity index is 334. The predicted molar refractivity (Wildman–Crippen MR) is 71.6 cm³/mol. The van der Waals surface area contributed by atoms with E-state index in [4.69, 9.17) is 4.74 Å². The maximum absolute atomic E-state index is 12.0. The van der Waals surface area contributed by atoms with E-state index in [9.17, 15) is 9.59 Å². The predicted octanol–water partition coefficient (Wildman–Crippen LogP) is 0.882. The minimum absolute atomic E-state index is 0.0208. The van der Waals surface area contributed by atoms with Crippen LogP contribution in [0.5, 0.6) is 0 Å². The monoisotopic (exact) mass is 268 g/mol. The number of likely N-dealkylation sites (tertiary alicyclic amines) is 1. The van der Waals surface area contributed by atoms with Crippen molar-refractivity contribution in [3.8, 4) is 0 Å². The summed E-state index contributed by atoms with van der Waals surface area (Å²) in [5, 5.41) is 0. The molecule has 108 valence electrons. The van der Waals surface area contributed by atoms with Gasteiger partial charge in [0, 0.05) is 13.1 Å². The lowest BCUT2D eigenvalue weighted by atomic mass is 9.97. The zero-order chi connectivity index (χ0) is 13.8. The van der Waals surface area contributed by atoms with Gasteiger partial charge in [-0.25, -0.2) is 0 Å². The van der Waals surface area contributed by atoms with Gasteiger partial charge in [0.05, 0.1) is 19.1 Å². The number of amides is 1. The number of carbonyl (C=O) groups excluding carboxylic acids is 2. The van der Waals surface area contributed by atoms with Crippen LogP contribution >= 0.6 is 0 Å². The van der Waals surface area contributed by atoms with Crippen molar-refractivity contribution < 1.29 is 14.3 Å². The Balaban J connectivity index is 1.71. The fraction of sp³-hybridized carbons (Fsp3) is 0.857. The standard InChI is InChI=1S/C14H24N2O3/c1-3-19-14(18)11-6-8-16(9-7-11)10-13(17)15(2)12-4-5-12/h11-12H,3-10H2,1-2H3. The van der Waals surface area contributed by atoms with Gasteiger partial charge in [0.2, 0.25) is 5.91 Å². The second kappa shape index (κ2) is 6.37. The van der Waals surface area contributed by atoms with Crippen LogP contribution in [-0.2, 0) is 14.3 Å². The van der Waals surface area contributed by atoms with Crippen molar-refractivity contribution in [2.24, 2.45) is 5.92 Å².